The Morgan fingerprint density at radius 1 is 0.786 bits per heavy atom. The number of rotatable bonds is 6. The molecule has 2 aromatic carbocycles. The Kier molecular flexibility index (Phi) is 6.86. The van der Waals surface area contributed by atoms with Gasteiger partial charge in [-0.3, -0.25) is 19.2 Å². The zero-order valence-corrected chi connectivity index (χ0v) is 15.6. The van der Waals surface area contributed by atoms with Crippen molar-refractivity contribution in [2.24, 2.45) is 0 Å². The van der Waals surface area contributed by atoms with E-state index in [2.05, 4.69) is 5.32 Å². The molecule has 8 heteroatoms. The lowest BCUT2D eigenvalue weighted by atomic mass is 10.1. The summed E-state index contributed by atoms with van der Waals surface area (Å²) in [7, 11) is 0. The van der Waals surface area contributed by atoms with Crippen molar-refractivity contribution in [3.63, 3.8) is 0 Å². The monoisotopic (exact) mass is 385 g/mol. The number of hydrogen-bond donors (Lipinski definition) is 1. The first-order valence-corrected chi connectivity index (χ1v) is 8.31. The molecule has 0 bridgehead atoms. The summed E-state index contributed by atoms with van der Waals surface area (Å²) in [5, 5.41) is 2.71. The van der Waals surface area contributed by atoms with E-state index in [1.165, 1.54) is 12.1 Å². The summed E-state index contributed by atoms with van der Waals surface area (Å²) < 4.78 is 15.1. The predicted molar refractivity (Wildman–Crippen MR) is 98.0 cm³/mol. The molecule has 0 atom stereocenters. The number of amides is 1. The van der Waals surface area contributed by atoms with Gasteiger partial charge in [-0.15, -0.1) is 0 Å². The fourth-order valence-corrected chi connectivity index (χ4v) is 2.29. The van der Waals surface area contributed by atoms with Gasteiger partial charge in [0.15, 0.2) is 11.5 Å². The van der Waals surface area contributed by atoms with Crippen molar-refractivity contribution in [1.82, 2.24) is 5.32 Å². The molecule has 2 aromatic rings. The van der Waals surface area contributed by atoms with Crippen LogP contribution in [0.25, 0.3) is 0 Å². The van der Waals surface area contributed by atoms with Gasteiger partial charge >= 0.3 is 17.9 Å². The lowest BCUT2D eigenvalue weighted by Gasteiger charge is -2.15. The van der Waals surface area contributed by atoms with Gasteiger partial charge in [0.1, 0.15) is 0 Å². The van der Waals surface area contributed by atoms with Crippen LogP contribution in [0.2, 0.25) is 0 Å². The first kappa shape index (κ1) is 20.6. The Hall–Kier alpha value is -3.68. The first-order valence-electron chi connectivity index (χ1n) is 8.31. The van der Waals surface area contributed by atoms with Crippen molar-refractivity contribution >= 4 is 23.8 Å². The topological polar surface area (TPSA) is 108 Å². The van der Waals surface area contributed by atoms with Crippen LogP contribution in [0.1, 0.15) is 36.7 Å². The van der Waals surface area contributed by atoms with Gasteiger partial charge < -0.3 is 19.5 Å². The number of nitrogens with one attached hydrogen (secondary N) is 1. The summed E-state index contributed by atoms with van der Waals surface area (Å²) >= 11 is 0. The van der Waals surface area contributed by atoms with Gasteiger partial charge in [-0.2, -0.15) is 0 Å². The first-order chi connectivity index (χ1) is 13.3. The molecule has 28 heavy (non-hydrogen) atoms. The molecular weight excluding hydrogens is 366 g/mol. The maximum absolute atomic E-state index is 12.5. The van der Waals surface area contributed by atoms with E-state index >= 15 is 0 Å². The minimum absolute atomic E-state index is 0.0549. The van der Waals surface area contributed by atoms with Crippen LogP contribution in [0.4, 0.5) is 0 Å². The van der Waals surface area contributed by atoms with Crippen molar-refractivity contribution < 1.29 is 33.4 Å². The zero-order valence-electron chi connectivity index (χ0n) is 15.6. The highest BCUT2D eigenvalue weighted by atomic mass is 16.6. The highest BCUT2D eigenvalue weighted by molar-refractivity contribution is 5.96. The molecule has 0 aromatic heterocycles. The molecule has 0 aliphatic heterocycles. The lowest BCUT2D eigenvalue weighted by molar-refractivity contribution is -0.135. The van der Waals surface area contributed by atoms with E-state index in [9.17, 15) is 19.2 Å². The Balaban J connectivity index is 2.39. The Morgan fingerprint density at radius 2 is 1.29 bits per heavy atom. The number of hydrogen-bond acceptors (Lipinski definition) is 7. The standard InChI is InChI=1S/C20H19NO7/c1-12(22)26-17-9-16(20(25)21-11-15-7-5-4-6-8-15)10-18(27-13(2)23)19(17)28-14(3)24/h4-10H,11H2,1-3H3,(H,21,25). The number of carbonyl (C=O) groups is 4. The second-order valence-corrected chi connectivity index (χ2v) is 5.75. The molecule has 0 aliphatic rings. The summed E-state index contributed by atoms with van der Waals surface area (Å²) in [5.41, 5.74) is 0.937. The Morgan fingerprint density at radius 3 is 1.75 bits per heavy atom. The van der Waals surface area contributed by atoms with E-state index < -0.39 is 23.8 Å². The van der Waals surface area contributed by atoms with Crippen LogP contribution >= 0.6 is 0 Å². The van der Waals surface area contributed by atoms with E-state index in [0.29, 0.717) is 0 Å². The molecule has 0 aliphatic carbocycles. The second kappa shape index (κ2) is 9.31. The number of benzene rings is 2. The molecule has 0 fully saturated rings. The molecule has 0 spiro atoms. The third kappa shape index (κ3) is 5.94. The van der Waals surface area contributed by atoms with Crippen LogP contribution in [0, 0.1) is 0 Å². The fourth-order valence-electron chi connectivity index (χ4n) is 2.29. The van der Waals surface area contributed by atoms with Crippen molar-refractivity contribution in [2.45, 2.75) is 27.3 Å². The third-order valence-corrected chi connectivity index (χ3v) is 3.33. The minimum atomic E-state index is -0.719. The maximum Gasteiger partial charge on any atom is 0.308 e. The normalized spacial score (nSPS) is 9.96. The molecule has 0 saturated heterocycles. The number of carbonyl (C=O) groups excluding carboxylic acids is 4. The van der Waals surface area contributed by atoms with E-state index in [1.54, 1.807) is 0 Å². The molecule has 0 radical (unpaired) electrons. The predicted octanol–water partition coefficient (Wildman–Crippen LogP) is 2.39. The summed E-state index contributed by atoms with van der Waals surface area (Å²) in [6.07, 6.45) is 0. The van der Waals surface area contributed by atoms with Crippen LogP contribution in [-0.2, 0) is 20.9 Å². The van der Waals surface area contributed by atoms with Crippen LogP contribution in [0.5, 0.6) is 17.2 Å². The van der Waals surface area contributed by atoms with Crippen molar-refractivity contribution in [3.8, 4) is 17.2 Å². The molecule has 2 rings (SSSR count). The molecule has 1 N–H and O–H groups in total. The van der Waals surface area contributed by atoms with Crippen molar-refractivity contribution in [2.75, 3.05) is 0 Å². The molecular formula is C20H19NO7. The highest BCUT2D eigenvalue weighted by Crippen LogP contribution is 2.39. The van der Waals surface area contributed by atoms with Crippen molar-refractivity contribution in [1.29, 1.82) is 0 Å². The molecule has 146 valence electrons. The second-order valence-electron chi connectivity index (χ2n) is 5.75. The van der Waals surface area contributed by atoms with Gasteiger partial charge in [-0.1, -0.05) is 30.3 Å². The van der Waals surface area contributed by atoms with Crippen LogP contribution in [0.3, 0.4) is 0 Å². The van der Waals surface area contributed by atoms with Crippen LogP contribution in [0.15, 0.2) is 42.5 Å². The molecule has 0 saturated carbocycles. The van der Waals surface area contributed by atoms with E-state index in [4.69, 9.17) is 14.2 Å². The quantitative estimate of drug-likeness (QED) is 0.601. The smallest absolute Gasteiger partial charge is 0.308 e. The van der Waals surface area contributed by atoms with Gasteiger partial charge in [-0.25, -0.2) is 0 Å². The Labute approximate surface area is 161 Å². The van der Waals surface area contributed by atoms with E-state index in [-0.39, 0.29) is 29.4 Å². The van der Waals surface area contributed by atoms with Gasteiger partial charge in [0.05, 0.1) is 0 Å². The average molecular weight is 385 g/mol. The molecule has 8 nitrogen and oxygen atoms in total. The fraction of sp³-hybridized carbons (Fsp3) is 0.200. The average Bonchev–Trinajstić information content (AvgIpc) is 2.61. The van der Waals surface area contributed by atoms with Gasteiger partial charge in [0.2, 0.25) is 5.75 Å². The van der Waals surface area contributed by atoms with Gasteiger partial charge in [-0.05, 0) is 17.7 Å². The molecule has 0 unspecified atom stereocenters. The number of ether oxygens (including phenoxy) is 3. The Bertz CT molecular complexity index is 869. The zero-order chi connectivity index (χ0) is 20.7. The SMILES string of the molecule is CC(=O)Oc1cc(C(=O)NCc2ccccc2)cc(OC(C)=O)c1OC(C)=O. The summed E-state index contributed by atoms with van der Waals surface area (Å²) in [4.78, 5) is 46.7. The van der Waals surface area contributed by atoms with E-state index in [1.807, 2.05) is 30.3 Å². The molecule has 1 amide bonds. The minimum Gasteiger partial charge on any atom is -0.423 e. The summed E-state index contributed by atoms with van der Waals surface area (Å²) in [6.45, 7) is 3.68. The van der Waals surface area contributed by atoms with Crippen molar-refractivity contribution in [3.05, 3.63) is 53.6 Å². The van der Waals surface area contributed by atoms with Crippen LogP contribution < -0.4 is 19.5 Å². The summed E-state index contributed by atoms with van der Waals surface area (Å²) in [5.74, 6) is -3.33. The molecule has 0 heterocycles. The third-order valence-electron chi connectivity index (χ3n) is 3.33. The summed E-state index contributed by atoms with van der Waals surface area (Å²) in [6, 6.07) is 11.7. The lowest BCUT2D eigenvalue weighted by Crippen LogP contribution is -2.23. The van der Waals surface area contributed by atoms with Gasteiger partial charge in [0.25, 0.3) is 5.91 Å². The largest absolute Gasteiger partial charge is 0.423 e. The number of esters is 3. The van der Waals surface area contributed by atoms with Crippen LogP contribution in [-0.4, -0.2) is 23.8 Å². The maximum atomic E-state index is 12.5. The van der Waals surface area contributed by atoms with Gasteiger partial charge in [0, 0.05) is 32.9 Å². The van der Waals surface area contributed by atoms with E-state index in [0.717, 1.165) is 26.3 Å². The highest BCUT2D eigenvalue weighted by Gasteiger charge is 2.22.